The highest BCUT2D eigenvalue weighted by Gasteiger charge is 2.21. The second-order valence-corrected chi connectivity index (χ2v) is 8.39. The van der Waals surface area contributed by atoms with E-state index in [0.29, 0.717) is 29.0 Å². The Morgan fingerprint density at radius 2 is 2.25 bits per heavy atom. The van der Waals surface area contributed by atoms with Crippen molar-refractivity contribution in [1.82, 2.24) is 10.1 Å². The fourth-order valence-corrected chi connectivity index (χ4v) is 4.52. The minimum atomic E-state index is -0.179. The fourth-order valence-electron chi connectivity index (χ4n) is 3.35. The number of ether oxygens (including phenoxy) is 1. The number of hydrogen-bond donors (Lipinski definition) is 1. The first kappa shape index (κ1) is 18.7. The van der Waals surface area contributed by atoms with Crippen LogP contribution < -0.4 is 10.1 Å². The van der Waals surface area contributed by atoms with Gasteiger partial charge in [0.25, 0.3) is 5.91 Å². The Hall–Kier alpha value is -2.67. The molecule has 0 saturated carbocycles. The average Bonchev–Trinajstić information content (AvgIpc) is 3.22. The second-order valence-electron chi connectivity index (χ2n) is 7.31. The third-order valence-electron chi connectivity index (χ3n) is 5.07. The molecule has 2 aromatic heterocycles. The second kappa shape index (κ2) is 7.75. The Morgan fingerprint density at radius 3 is 3.04 bits per heavy atom. The van der Waals surface area contributed by atoms with E-state index in [0.717, 1.165) is 42.0 Å². The van der Waals surface area contributed by atoms with Gasteiger partial charge in [0, 0.05) is 10.4 Å². The summed E-state index contributed by atoms with van der Waals surface area (Å²) in [5.41, 5.74) is 3.42. The number of benzene rings is 1. The van der Waals surface area contributed by atoms with Crippen LogP contribution in [0.2, 0.25) is 0 Å². The molecule has 6 nitrogen and oxygen atoms in total. The van der Waals surface area contributed by atoms with Crippen LogP contribution in [-0.2, 0) is 19.4 Å². The van der Waals surface area contributed by atoms with Crippen LogP contribution in [-0.4, -0.2) is 16.0 Å². The molecule has 3 aromatic rings. The molecule has 1 aliphatic carbocycles. The van der Waals surface area contributed by atoms with Crippen LogP contribution in [0.15, 0.2) is 28.8 Å². The van der Waals surface area contributed by atoms with E-state index in [9.17, 15) is 4.79 Å². The topological polar surface area (TPSA) is 77.2 Å². The van der Waals surface area contributed by atoms with Crippen LogP contribution in [0, 0.1) is 19.8 Å². The van der Waals surface area contributed by atoms with Crippen molar-refractivity contribution in [1.29, 1.82) is 0 Å². The molecule has 1 N–H and O–H groups in total. The van der Waals surface area contributed by atoms with Crippen molar-refractivity contribution in [3.63, 3.8) is 0 Å². The molecular formula is C21H23N3O3S. The van der Waals surface area contributed by atoms with E-state index in [2.05, 4.69) is 22.4 Å². The minimum absolute atomic E-state index is 0.179. The first-order valence-corrected chi connectivity index (χ1v) is 10.3. The van der Waals surface area contributed by atoms with Gasteiger partial charge in [0.05, 0.1) is 17.0 Å². The zero-order valence-corrected chi connectivity index (χ0v) is 17.1. The highest BCUT2D eigenvalue weighted by atomic mass is 32.1. The summed E-state index contributed by atoms with van der Waals surface area (Å²) in [4.78, 5) is 18.6. The number of nitrogens with zero attached hydrogens (tertiary/aromatic N) is 2. The van der Waals surface area contributed by atoms with Crippen molar-refractivity contribution in [3.8, 4) is 5.75 Å². The molecule has 1 unspecified atom stereocenters. The summed E-state index contributed by atoms with van der Waals surface area (Å²) in [6, 6.07) is 7.15. The minimum Gasteiger partial charge on any atom is -0.489 e. The number of fused-ring (bicyclic) bond motifs is 1. The zero-order valence-electron chi connectivity index (χ0n) is 16.2. The van der Waals surface area contributed by atoms with Gasteiger partial charge in [-0.2, -0.15) is 0 Å². The maximum Gasteiger partial charge on any atom is 0.257 e. The van der Waals surface area contributed by atoms with Crippen LogP contribution in [0.3, 0.4) is 0 Å². The molecule has 1 atom stereocenters. The molecule has 1 aromatic carbocycles. The lowest BCUT2D eigenvalue weighted by atomic mass is 9.93. The van der Waals surface area contributed by atoms with E-state index in [-0.39, 0.29) is 5.91 Å². The van der Waals surface area contributed by atoms with E-state index in [4.69, 9.17) is 9.26 Å². The largest absolute Gasteiger partial charge is 0.489 e. The van der Waals surface area contributed by atoms with Gasteiger partial charge < -0.3 is 9.26 Å². The number of aryl methyl sites for hydroxylation is 3. The summed E-state index contributed by atoms with van der Waals surface area (Å²) in [7, 11) is 0. The van der Waals surface area contributed by atoms with Crippen molar-refractivity contribution >= 4 is 22.4 Å². The van der Waals surface area contributed by atoms with Crippen LogP contribution >= 0.6 is 11.3 Å². The maximum absolute atomic E-state index is 12.7. The van der Waals surface area contributed by atoms with Crippen molar-refractivity contribution in [2.75, 3.05) is 5.32 Å². The summed E-state index contributed by atoms with van der Waals surface area (Å²) in [5, 5.41) is 7.53. The first-order valence-electron chi connectivity index (χ1n) is 9.44. The van der Waals surface area contributed by atoms with E-state index in [1.807, 2.05) is 26.0 Å². The smallest absolute Gasteiger partial charge is 0.257 e. The van der Waals surface area contributed by atoms with Gasteiger partial charge in [-0.1, -0.05) is 18.1 Å². The number of carbonyl (C=O) groups excluding carboxylic acids is 1. The highest BCUT2D eigenvalue weighted by molar-refractivity contribution is 7.15. The molecule has 7 heteroatoms. The highest BCUT2D eigenvalue weighted by Crippen LogP contribution is 2.32. The molecular weight excluding hydrogens is 374 g/mol. The van der Waals surface area contributed by atoms with Gasteiger partial charge in [-0.25, -0.2) is 4.98 Å². The Kier molecular flexibility index (Phi) is 5.17. The number of thiazole rings is 1. The molecule has 0 spiro atoms. The monoisotopic (exact) mass is 397 g/mol. The molecule has 0 radical (unpaired) electrons. The molecule has 4 rings (SSSR count). The zero-order chi connectivity index (χ0) is 19.7. The fraction of sp³-hybridized carbons (Fsp3) is 0.381. The van der Waals surface area contributed by atoms with Gasteiger partial charge in [-0.3, -0.25) is 10.1 Å². The molecule has 146 valence electrons. The molecule has 0 fully saturated rings. The summed E-state index contributed by atoms with van der Waals surface area (Å²) in [6.07, 6.45) is 3.20. The molecule has 1 aliphatic rings. The normalized spacial score (nSPS) is 15.9. The van der Waals surface area contributed by atoms with Crippen LogP contribution in [0.4, 0.5) is 5.13 Å². The average molecular weight is 398 g/mol. The Balaban J connectivity index is 1.43. The van der Waals surface area contributed by atoms with Crippen molar-refractivity contribution in [2.24, 2.45) is 5.92 Å². The number of carbonyl (C=O) groups is 1. The van der Waals surface area contributed by atoms with Gasteiger partial charge in [0.1, 0.15) is 18.1 Å². The van der Waals surface area contributed by atoms with E-state index in [1.54, 1.807) is 23.5 Å². The molecule has 0 bridgehead atoms. The number of amides is 1. The van der Waals surface area contributed by atoms with E-state index in [1.165, 1.54) is 4.88 Å². The van der Waals surface area contributed by atoms with E-state index < -0.39 is 0 Å². The van der Waals surface area contributed by atoms with E-state index >= 15 is 0 Å². The SMILES string of the molecule is Cc1noc(C)c1COc1cccc(C(=O)Nc2nc3c(s2)CC(C)CC3)c1. The third-order valence-corrected chi connectivity index (χ3v) is 6.10. The van der Waals surface area contributed by atoms with Crippen molar-refractivity contribution < 1.29 is 14.1 Å². The molecule has 0 aliphatic heterocycles. The Bertz CT molecular complexity index is 989. The molecule has 2 heterocycles. The number of anilines is 1. The standard InChI is InChI=1S/C21H23N3O3S/c1-12-7-8-18-19(9-12)28-21(22-18)23-20(25)15-5-4-6-16(10-15)26-11-17-13(2)24-27-14(17)3/h4-6,10,12H,7-9,11H2,1-3H3,(H,22,23,25). The maximum atomic E-state index is 12.7. The predicted octanol–water partition coefficient (Wildman–Crippen LogP) is 4.70. The Labute approximate surface area is 167 Å². The van der Waals surface area contributed by atoms with Crippen LogP contribution in [0.1, 0.15) is 51.3 Å². The number of hydrogen-bond acceptors (Lipinski definition) is 6. The predicted molar refractivity (Wildman–Crippen MR) is 108 cm³/mol. The molecule has 1 amide bonds. The third kappa shape index (κ3) is 3.94. The van der Waals surface area contributed by atoms with Crippen molar-refractivity contribution in [2.45, 2.75) is 46.6 Å². The number of rotatable bonds is 5. The summed E-state index contributed by atoms with van der Waals surface area (Å²) >= 11 is 1.59. The van der Waals surface area contributed by atoms with Gasteiger partial charge in [0.2, 0.25) is 0 Å². The Morgan fingerprint density at radius 1 is 1.39 bits per heavy atom. The van der Waals surface area contributed by atoms with Gasteiger partial charge >= 0.3 is 0 Å². The number of nitrogens with one attached hydrogen (secondary N) is 1. The lowest BCUT2D eigenvalue weighted by Gasteiger charge is -2.15. The number of aromatic nitrogens is 2. The quantitative estimate of drug-likeness (QED) is 0.675. The van der Waals surface area contributed by atoms with Gasteiger partial charge in [-0.05, 0) is 57.2 Å². The lowest BCUT2D eigenvalue weighted by Crippen LogP contribution is -2.12. The summed E-state index contributed by atoms with van der Waals surface area (Å²) in [5.74, 6) is 1.87. The summed E-state index contributed by atoms with van der Waals surface area (Å²) < 4.78 is 11.0. The van der Waals surface area contributed by atoms with Gasteiger partial charge in [-0.15, -0.1) is 11.3 Å². The van der Waals surface area contributed by atoms with Crippen LogP contribution in [0.25, 0.3) is 0 Å². The van der Waals surface area contributed by atoms with Gasteiger partial charge in [0.15, 0.2) is 5.13 Å². The summed E-state index contributed by atoms with van der Waals surface area (Å²) in [6.45, 7) is 6.35. The first-order chi connectivity index (χ1) is 13.5. The van der Waals surface area contributed by atoms with Crippen molar-refractivity contribution in [3.05, 3.63) is 57.4 Å². The lowest BCUT2D eigenvalue weighted by molar-refractivity contribution is 0.102. The molecule has 0 saturated heterocycles. The molecule has 28 heavy (non-hydrogen) atoms. The van der Waals surface area contributed by atoms with Crippen LogP contribution in [0.5, 0.6) is 5.75 Å².